The number of aliphatic imine (C=N–C) groups is 1. The third-order valence-electron chi connectivity index (χ3n) is 1.61. The van der Waals surface area contributed by atoms with Gasteiger partial charge >= 0.3 is 11.8 Å². The number of carbonyl (C=O) groups is 2. The fraction of sp³-hybridized carbons (Fsp3) is 0.500. The maximum atomic E-state index is 10.9. The van der Waals surface area contributed by atoms with Crippen LogP contribution in [0.4, 0.5) is 0 Å². The summed E-state index contributed by atoms with van der Waals surface area (Å²) >= 11 is 0. The number of sulfonamides is 1. The summed E-state index contributed by atoms with van der Waals surface area (Å²) in [7, 11) is -2.03. The fourth-order valence-electron chi connectivity index (χ4n) is 0.819. The minimum Gasteiger partial charge on any atom is -0.288 e. The van der Waals surface area contributed by atoms with Crippen LogP contribution in [0.1, 0.15) is 0 Å². The minimum atomic E-state index is -3.32. The molecule has 0 bridgehead atoms. The van der Waals surface area contributed by atoms with Crippen LogP contribution in [0.2, 0.25) is 0 Å². The smallest absolute Gasteiger partial charge is 0.288 e. The Labute approximate surface area is 86.2 Å². The Morgan fingerprint density at radius 2 is 1.80 bits per heavy atom. The summed E-state index contributed by atoms with van der Waals surface area (Å²) < 4.78 is 24.0. The first-order chi connectivity index (χ1) is 6.94. The first kappa shape index (κ1) is 11.6. The normalized spacial score (nSPS) is 16.2. The zero-order valence-electron chi connectivity index (χ0n) is 7.90. The highest BCUT2D eigenvalue weighted by Crippen LogP contribution is 1.86. The van der Waals surface area contributed by atoms with Gasteiger partial charge < -0.3 is 0 Å². The average molecular weight is 234 g/mol. The molecule has 1 aliphatic heterocycles. The molecule has 0 aromatic carbocycles. The Balaban J connectivity index is 2.47. The molecule has 1 heterocycles. The van der Waals surface area contributed by atoms with Crippen molar-refractivity contribution in [2.45, 2.75) is 0 Å². The Morgan fingerprint density at radius 3 is 2.27 bits per heavy atom. The second-order valence-corrected chi connectivity index (χ2v) is 4.71. The quantitative estimate of drug-likeness (QED) is 0.453. The lowest BCUT2D eigenvalue weighted by Crippen LogP contribution is -2.28. The van der Waals surface area contributed by atoms with Crippen LogP contribution in [0.3, 0.4) is 0 Å². The summed E-state index contributed by atoms with van der Waals surface area (Å²) in [6.45, 7) is -0.0426. The second kappa shape index (κ2) is 4.36. The molecule has 8 nitrogen and oxygen atoms in total. The molecule has 0 radical (unpaired) electrons. The van der Waals surface area contributed by atoms with Crippen molar-refractivity contribution < 1.29 is 18.0 Å². The van der Waals surface area contributed by atoms with Gasteiger partial charge in [-0.05, 0) is 7.05 Å². The number of hydrogen-bond donors (Lipinski definition) is 3. The van der Waals surface area contributed by atoms with Crippen LogP contribution in [-0.2, 0) is 19.6 Å². The Hall–Kier alpha value is -1.48. The molecule has 0 unspecified atom stereocenters. The molecular weight excluding hydrogens is 224 g/mol. The van der Waals surface area contributed by atoms with Gasteiger partial charge in [0.1, 0.15) is 0 Å². The molecule has 1 fully saturated rings. The molecule has 0 atom stereocenters. The minimum absolute atomic E-state index is 0.0173. The highest BCUT2D eigenvalue weighted by molar-refractivity contribution is 7.89. The highest BCUT2D eigenvalue weighted by atomic mass is 32.2. The summed E-state index contributed by atoms with van der Waals surface area (Å²) in [6, 6.07) is 0. The monoisotopic (exact) mass is 234 g/mol. The second-order valence-electron chi connectivity index (χ2n) is 2.66. The van der Waals surface area contributed by atoms with E-state index in [0.717, 1.165) is 0 Å². The Bertz CT molecular complexity index is 395. The molecule has 0 aromatic heterocycles. The van der Waals surface area contributed by atoms with Gasteiger partial charge in [0, 0.05) is 0 Å². The van der Waals surface area contributed by atoms with E-state index in [1.807, 2.05) is 0 Å². The predicted molar refractivity (Wildman–Crippen MR) is 51.4 cm³/mol. The van der Waals surface area contributed by atoms with E-state index in [1.165, 1.54) is 7.05 Å². The van der Waals surface area contributed by atoms with Crippen molar-refractivity contribution in [3.05, 3.63) is 0 Å². The van der Waals surface area contributed by atoms with Gasteiger partial charge in [0.2, 0.25) is 16.0 Å². The lowest BCUT2D eigenvalue weighted by molar-refractivity contribution is -0.135. The molecule has 0 aromatic rings. The molecular formula is C6H10N4O4S. The fourth-order valence-corrected chi connectivity index (χ4v) is 1.35. The number of nitrogens with zero attached hydrogens (tertiary/aromatic N) is 1. The van der Waals surface area contributed by atoms with Gasteiger partial charge in [-0.15, -0.1) is 0 Å². The molecule has 15 heavy (non-hydrogen) atoms. The zero-order valence-corrected chi connectivity index (χ0v) is 8.72. The number of hydrogen-bond acceptors (Lipinski definition) is 5. The summed E-state index contributed by atoms with van der Waals surface area (Å²) in [5.74, 6) is -1.83. The van der Waals surface area contributed by atoms with Gasteiger partial charge in [0.05, 0.1) is 12.3 Å². The van der Waals surface area contributed by atoms with E-state index >= 15 is 0 Å². The van der Waals surface area contributed by atoms with Crippen LogP contribution in [-0.4, -0.2) is 45.5 Å². The van der Waals surface area contributed by atoms with Gasteiger partial charge in [0.15, 0.2) is 0 Å². The molecule has 1 saturated heterocycles. The van der Waals surface area contributed by atoms with Gasteiger partial charge in [0.25, 0.3) is 0 Å². The van der Waals surface area contributed by atoms with E-state index < -0.39 is 21.8 Å². The van der Waals surface area contributed by atoms with Crippen LogP contribution < -0.4 is 15.4 Å². The van der Waals surface area contributed by atoms with Crippen LogP contribution in [0.5, 0.6) is 0 Å². The molecule has 84 valence electrons. The van der Waals surface area contributed by atoms with Gasteiger partial charge in [-0.3, -0.25) is 25.2 Å². The topological polar surface area (TPSA) is 117 Å². The zero-order chi connectivity index (χ0) is 11.5. The maximum Gasteiger partial charge on any atom is 0.316 e. The van der Waals surface area contributed by atoms with Gasteiger partial charge in [-0.2, -0.15) is 0 Å². The summed E-state index contributed by atoms with van der Waals surface area (Å²) in [5.41, 5.74) is 0. The first-order valence-corrected chi connectivity index (χ1v) is 5.68. The summed E-state index contributed by atoms with van der Waals surface area (Å²) in [5, 5.41) is 4.29. The predicted octanol–water partition coefficient (Wildman–Crippen LogP) is -2.86. The van der Waals surface area contributed by atoms with E-state index in [4.69, 9.17) is 0 Å². The summed E-state index contributed by atoms with van der Waals surface area (Å²) in [4.78, 5) is 25.0. The number of nitrogens with one attached hydrogen (secondary N) is 3. The summed E-state index contributed by atoms with van der Waals surface area (Å²) in [6.07, 6.45) is 0. The standard InChI is InChI=1S/C6H10N4O4S/c1-7-15(13,14)3-2-8-6-9-4(11)5(12)10-6/h7H,2-3H2,1H3,(H2,8,9,10,11,12). The van der Waals surface area contributed by atoms with Gasteiger partial charge in [-0.1, -0.05) is 0 Å². The van der Waals surface area contributed by atoms with Crippen LogP contribution in [0, 0.1) is 0 Å². The first-order valence-electron chi connectivity index (χ1n) is 4.02. The van der Waals surface area contributed by atoms with E-state index in [1.54, 1.807) is 0 Å². The largest absolute Gasteiger partial charge is 0.316 e. The highest BCUT2D eigenvalue weighted by Gasteiger charge is 2.24. The van der Waals surface area contributed by atoms with Crippen molar-refractivity contribution in [1.29, 1.82) is 0 Å². The van der Waals surface area contributed by atoms with Crippen LogP contribution in [0.15, 0.2) is 4.99 Å². The Kier molecular flexibility index (Phi) is 3.37. The van der Waals surface area contributed by atoms with Crippen molar-refractivity contribution in [3.8, 4) is 0 Å². The number of rotatable bonds is 4. The van der Waals surface area contributed by atoms with Crippen LogP contribution in [0.25, 0.3) is 0 Å². The third-order valence-corrected chi connectivity index (χ3v) is 2.95. The SMILES string of the molecule is CNS(=O)(=O)CCN=C1NC(=O)C(=O)N1. The van der Waals surface area contributed by atoms with Crippen molar-refractivity contribution >= 4 is 27.8 Å². The van der Waals surface area contributed by atoms with Crippen molar-refractivity contribution in [3.63, 3.8) is 0 Å². The third kappa shape index (κ3) is 3.29. The van der Waals surface area contributed by atoms with E-state index in [9.17, 15) is 18.0 Å². The lowest BCUT2D eigenvalue weighted by atomic mass is 10.6. The molecule has 3 N–H and O–H groups in total. The van der Waals surface area contributed by atoms with E-state index in [-0.39, 0.29) is 18.3 Å². The van der Waals surface area contributed by atoms with Crippen molar-refractivity contribution in [2.75, 3.05) is 19.3 Å². The molecule has 0 aliphatic carbocycles. The van der Waals surface area contributed by atoms with E-state index in [2.05, 4.69) is 20.3 Å². The number of guanidine groups is 1. The number of amides is 2. The molecule has 9 heteroatoms. The van der Waals surface area contributed by atoms with Gasteiger partial charge in [-0.25, -0.2) is 13.1 Å². The number of carbonyl (C=O) groups excluding carboxylic acids is 2. The van der Waals surface area contributed by atoms with Crippen molar-refractivity contribution in [2.24, 2.45) is 4.99 Å². The molecule has 0 saturated carbocycles. The maximum absolute atomic E-state index is 10.9. The van der Waals surface area contributed by atoms with Crippen molar-refractivity contribution in [1.82, 2.24) is 15.4 Å². The Morgan fingerprint density at radius 1 is 1.27 bits per heavy atom. The van der Waals surface area contributed by atoms with Crippen LogP contribution >= 0.6 is 0 Å². The molecule has 1 rings (SSSR count). The van der Waals surface area contributed by atoms with E-state index in [0.29, 0.717) is 0 Å². The lowest BCUT2D eigenvalue weighted by Gasteiger charge is -1.99. The molecule has 2 amide bonds. The molecule has 1 aliphatic rings. The molecule has 0 spiro atoms. The average Bonchev–Trinajstić information content (AvgIpc) is 2.46.